The van der Waals surface area contributed by atoms with Gasteiger partial charge in [-0.2, -0.15) is 0 Å². The highest BCUT2D eigenvalue weighted by molar-refractivity contribution is 5.84. The second-order valence-electron chi connectivity index (χ2n) is 5.72. The number of carboxylic acid groups (broad SMARTS) is 1. The molecule has 0 aliphatic rings. The van der Waals surface area contributed by atoms with Gasteiger partial charge in [0.2, 0.25) is 5.91 Å². The van der Waals surface area contributed by atoms with Crippen molar-refractivity contribution in [1.82, 2.24) is 5.32 Å². The third-order valence-corrected chi connectivity index (χ3v) is 3.63. The molecule has 1 rings (SSSR count). The molecule has 5 nitrogen and oxygen atoms in total. The van der Waals surface area contributed by atoms with Crippen LogP contribution in [0.3, 0.4) is 0 Å². The number of carbonyl (C=O) groups is 2. The zero-order valence-electron chi connectivity index (χ0n) is 14.1. The molecule has 0 radical (unpaired) electrons. The van der Waals surface area contributed by atoms with Crippen LogP contribution in [0.15, 0.2) is 43.0 Å². The Morgan fingerprint density at radius 3 is 2.54 bits per heavy atom. The van der Waals surface area contributed by atoms with E-state index in [0.717, 1.165) is 37.7 Å². The Morgan fingerprint density at radius 2 is 1.88 bits per heavy atom. The first-order chi connectivity index (χ1) is 11.6. The lowest BCUT2D eigenvalue weighted by atomic mass is 10.1. The molecule has 1 aromatic carbocycles. The highest BCUT2D eigenvalue weighted by Crippen LogP contribution is 2.08. The van der Waals surface area contributed by atoms with Crippen molar-refractivity contribution in [2.24, 2.45) is 0 Å². The largest absolute Gasteiger partial charge is 0.480 e. The average Bonchev–Trinajstić information content (AvgIpc) is 2.57. The monoisotopic (exact) mass is 333 g/mol. The van der Waals surface area contributed by atoms with Crippen LogP contribution >= 0.6 is 0 Å². The van der Waals surface area contributed by atoms with Crippen LogP contribution in [0.5, 0.6) is 0 Å². The second-order valence-corrected chi connectivity index (χ2v) is 5.72. The minimum absolute atomic E-state index is 0.141. The third kappa shape index (κ3) is 9.10. The lowest BCUT2D eigenvalue weighted by Gasteiger charge is -2.14. The van der Waals surface area contributed by atoms with Gasteiger partial charge in [-0.05, 0) is 24.8 Å². The molecule has 0 unspecified atom stereocenters. The van der Waals surface area contributed by atoms with Gasteiger partial charge in [0.15, 0.2) is 0 Å². The first-order valence-corrected chi connectivity index (χ1v) is 8.38. The maximum absolute atomic E-state index is 11.8. The molecule has 24 heavy (non-hydrogen) atoms. The van der Waals surface area contributed by atoms with Crippen LogP contribution in [0, 0.1) is 0 Å². The third-order valence-electron chi connectivity index (χ3n) is 3.63. The Morgan fingerprint density at radius 1 is 1.17 bits per heavy atom. The van der Waals surface area contributed by atoms with E-state index < -0.39 is 17.9 Å². The first kappa shape index (κ1) is 19.9. The van der Waals surface area contributed by atoms with Crippen LogP contribution < -0.4 is 5.32 Å². The Kier molecular flexibility index (Phi) is 10.2. The normalized spacial score (nSPS) is 11.7. The molecule has 0 bridgehead atoms. The summed E-state index contributed by atoms with van der Waals surface area (Å²) in [6.07, 6.45) is 7.16. The van der Waals surface area contributed by atoms with E-state index in [-0.39, 0.29) is 6.61 Å². The summed E-state index contributed by atoms with van der Waals surface area (Å²) in [5.74, 6) is -1.40. The maximum atomic E-state index is 11.8. The highest BCUT2D eigenvalue weighted by Gasteiger charge is 2.19. The van der Waals surface area contributed by atoms with E-state index in [1.807, 2.05) is 36.4 Å². The van der Waals surface area contributed by atoms with Gasteiger partial charge in [-0.15, -0.1) is 6.58 Å². The van der Waals surface area contributed by atoms with Gasteiger partial charge in [0.05, 0.1) is 6.61 Å². The number of aliphatic carboxylic acids is 1. The van der Waals surface area contributed by atoms with Crippen molar-refractivity contribution in [3.8, 4) is 0 Å². The fourth-order valence-corrected chi connectivity index (χ4v) is 2.32. The zero-order valence-corrected chi connectivity index (χ0v) is 14.1. The Labute approximate surface area is 143 Å². The molecular weight excluding hydrogens is 306 g/mol. The van der Waals surface area contributed by atoms with E-state index in [1.165, 1.54) is 0 Å². The molecule has 0 aliphatic carbocycles. The highest BCUT2D eigenvalue weighted by atomic mass is 16.5. The van der Waals surface area contributed by atoms with Crippen LogP contribution in [0.4, 0.5) is 0 Å². The molecule has 0 saturated carbocycles. The van der Waals surface area contributed by atoms with Gasteiger partial charge >= 0.3 is 5.97 Å². The van der Waals surface area contributed by atoms with Crippen LogP contribution in [-0.4, -0.2) is 29.6 Å². The SMILES string of the molecule is C=CCCCCCC[C@H](NC(=O)COCc1ccccc1)C(=O)O. The second kappa shape index (κ2) is 12.3. The molecule has 0 saturated heterocycles. The van der Waals surface area contributed by atoms with Crippen molar-refractivity contribution in [1.29, 1.82) is 0 Å². The lowest BCUT2D eigenvalue weighted by Crippen LogP contribution is -2.42. The van der Waals surface area contributed by atoms with Crippen LogP contribution in [0.2, 0.25) is 0 Å². The predicted octanol–water partition coefficient (Wildman–Crippen LogP) is 3.30. The summed E-state index contributed by atoms with van der Waals surface area (Å²) in [4.78, 5) is 23.0. The number of ether oxygens (including phenoxy) is 1. The molecular formula is C19H27NO4. The number of hydrogen-bond acceptors (Lipinski definition) is 3. The zero-order chi connectivity index (χ0) is 17.6. The Bertz CT molecular complexity index is 501. The summed E-state index contributed by atoms with van der Waals surface area (Å²) in [5, 5.41) is 11.7. The fourth-order valence-electron chi connectivity index (χ4n) is 2.32. The van der Waals surface area contributed by atoms with Gasteiger partial charge in [0.1, 0.15) is 12.6 Å². The number of nitrogens with one attached hydrogen (secondary N) is 1. The smallest absolute Gasteiger partial charge is 0.326 e. The van der Waals surface area contributed by atoms with Gasteiger partial charge in [0.25, 0.3) is 0 Å². The van der Waals surface area contributed by atoms with Crippen molar-refractivity contribution in [3.63, 3.8) is 0 Å². The van der Waals surface area contributed by atoms with E-state index in [2.05, 4.69) is 11.9 Å². The molecule has 0 heterocycles. The number of allylic oxidation sites excluding steroid dienone is 1. The van der Waals surface area contributed by atoms with Crippen molar-refractivity contribution < 1.29 is 19.4 Å². The van der Waals surface area contributed by atoms with Crippen molar-refractivity contribution in [2.45, 2.75) is 51.2 Å². The van der Waals surface area contributed by atoms with Gasteiger partial charge in [0, 0.05) is 0 Å². The number of rotatable bonds is 13. The Hall–Kier alpha value is -2.14. The Balaban J connectivity index is 2.22. The summed E-state index contributed by atoms with van der Waals surface area (Å²) in [7, 11) is 0. The standard InChI is InChI=1S/C19H27NO4/c1-2-3-4-5-6-10-13-17(19(22)23)20-18(21)15-24-14-16-11-8-7-9-12-16/h2,7-9,11-12,17H,1,3-6,10,13-15H2,(H,20,21)(H,22,23)/t17-/m0/s1. The van der Waals surface area contributed by atoms with Crippen molar-refractivity contribution in [3.05, 3.63) is 48.6 Å². The summed E-state index contributed by atoms with van der Waals surface area (Å²) in [6.45, 7) is 3.86. The number of carbonyl (C=O) groups excluding carboxylic acids is 1. The van der Waals surface area contributed by atoms with Crippen molar-refractivity contribution in [2.75, 3.05) is 6.61 Å². The van der Waals surface area contributed by atoms with Gasteiger partial charge < -0.3 is 15.2 Å². The summed E-state index contributed by atoms with van der Waals surface area (Å²) >= 11 is 0. The fraction of sp³-hybridized carbons (Fsp3) is 0.474. The molecule has 0 aliphatic heterocycles. The summed E-state index contributed by atoms with van der Waals surface area (Å²) in [5.41, 5.74) is 0.972. The molecule has 5 heteroatoms. The van der Waals surface area contributed by atoms with E-state index in [0.29, 0.717) is 13.0 Å². The van der Waals surface area contributed by atoms with E-state index >= 15 is 0 Å². The maximum Gasteiger partial charge on any atom is 0.326 e. The van der Waals surface area contributed by atoms with E-state index in [9.17, 15) is 14.7 Å². The molecule has 2 N–H and O–H groups in total. The molecule has 0 spiro atoms. The summed E-state index contributed by atoms with van der Waals surface area (Å²) < 4.78 is 5.32. The number of amides is 1. The summed E-state index contributed by atoms with van der Waals surface area (Å²) in [6, 6.07) is 8.67. The van der Waals surface area contributed by atoms with Crippen LogP contribution in [0.1, 0.15) is 44.1 Å². The first-order valence-electron chi connectivity index (χ1n) is 8.38. The minimum atomic E-state index is -1.00. The lowest BCUT2D eigenvalue weighted by molar-refractivity contribution is -0.142. The predicted molar refractivity (Wildman–Crippen MR) is 93.6 cm³/mol. The van der Waals surface area contributed by atoms with Crippen LogP contribution in [-0.2, 0) is 20.9 Å². The topological polar surface area (TPSA) is 75.6 Å². The number of unbranched alkanes of at least 4 members (excludes halogenated alkanes) is 4. The van der Waals surface area contributed by atoms with Gasteiger partial charge in [-0.25, -0.2) is 4.79 Å². The van der Waals surface area contributed by atoms with E-state index in [1.54, 1.807) is 0 Å². The molecule has 1 amide bonds. The number of benzene rings is 1. The van der Waals surface area contributed by atoms with E-state index in [4.69, 9.17) is 4.74 Å². The van der Waals surface area contributed by atoms with Gasteiger partial charge in [-0.1, -0.05) is 55.7 Å². The van der Waals surface area contributed by atoms with Crippen LogP contribution in [0.25, 0.3) is 0 Å². The van der Waals surface area contributed by atoms with Gasteiger partial charge in [-0.3, -0.25) is 4.79 Å². The number of hydrogen-bond donors (Lipinski definition) is 2. The molecule has 132 valence electrons. The molecule has 0 aromatic heterocycles. The average molecular weight is 333 g/mol. The quantitative estimate of drug-likeness (QED) is 0.429. The molecule has 1 atom stereocenters. The molecule has 1 aromatic rings. The molecule has 0 fully saturated rings. The van der Waals surface area contributed by atoms with Crippen molar-refractivity contribution >= 4 is 11.9 Å². The minimum Gasteiger partial charge on any atom is -0.480 e. The number of carboxylic acids is 1.